The van der Waals surface area contributed by atoms with Crippen molar-refractivity contribution in [2.75, 3.05) is 5.32 Å². The average molecular weight is 263 g/mol. The molecule has 0 atom stereocenters. The molecule has 0 aliphatic carbocycles. The van der Waals surface area contributed by atoms with Gasteiger partial charge in [-0.15, -0.1) is 0 Å². The van der Waals surface area contributed by atoms with E-state index >= 15 is 0 Å². The van der Waals surface area contributed by atoms with Crippen LogP contribution in [0.4, 0.5) is 11.4 Å². The highest BCUT2D eigenvalue weighted by Gasteiger charge is 1.98. The Hall–Kier alpha value is -2.28. The van der Waals surface area contributed by atoms with Gasteiger partial charge in [0.1, 0.15) is 0 Å². The molecule has 102 valence electrons. The Kier molecular flexibility index (Phi) is 5.19. The summed E-state index contributed by atoms with van der Waals surface area (Å²) in [7, 11) is 0. The van der Waals surface area contributed by atoms with Crippen molar-refractivity contribution in [2.45, 2.75) is 20.3 Å². The predicted molar refractivity (Wildman–Crippen MR) is 89.2 cm³/mol. The van der Waals surface area contributed by atoms with Gasteiger partial charge in [0.15, 0.2) is 0 Å². The van der Waals surface area contributed by atoms with Crippen LogP contribution in [0.15, 0.2) is 72.8 Å². The van der Waals surface area contributed by atoms with Crippen molar-refractivity contribution in [3.8, 4) is 0 Å². The van der Waals surface area contributed by atoms with E-state index in [-0.39, 0.29) is 0 Å². The Bertz CT molecular complexity index is 577. The lowest BCUT2D eigenvalue weighted by molar-refractivity contribution is 1.23. The summed E-state index contributed by atoms with van der Waals surface area (Å²) in [5.74, 6) is 0. The predicted octanol–water partition coefficient (Wildman–Crippen LogP) is 5.80. The van der Waals surface area contributed by atoms with Crippen LogP contribution in [0.2, 0.25) is 0 Å². The van der Waals surface area contributed by atoms with Gasteiger partial charge in [-0.3, -0.25) is 0 Å². The highest BCUT2D eigenvalue weighted by atomic mass is 14.9. The summed E-state index contributed by atoms with van der Waals surface area (Å²) in [6, 6.07) is 18.8. The molecule has 1 heteroatoms. The standard InChI is InChI=1S/C19H21N/c1-3-8-16(9-4-2)17-12-14-19(15-13-17)20-18-10-6-5-7-11-18/h3,5-15,20H,4H2,1-2H3/b8-3-,16-9+. The van der Waals surface area contributed by atoms with Crippen molar-refractivity contribution in [3.05, 3.63) is 78.4 Å². The molecule has 0 aliphatic rings. The van der Waals surface area contributed by atoms with Gasteiger partial charge in [0, 0.05) is 11.4 Å². The zero-order valence-electron chi connectivity index (χ0n) is 12.1. The van der Waals surface area contributed by atoms with Gasteiger partial charge >= 0.3 is 0 Å². The number of allylic oxidation sites excluding steroid dienone is 4. The van der Waals surface area contributed by atoms with Crippen LogP contribution >= 0.6 is 0 Å². The number of nitrogens with one attached hydrogen (secondary N) is 1. The quantitative estimate of drug-likeness (QED) is 0.672. The van der Waals surface area contributed by atoms with E-state index in [2.05, 4.69) is 73.8 Å². The van der Waals surface area contributed by atoms with E-state index in [1.165, 1.54) is 11.1 Å². The highest BCUT2D eigenvalue weighted by Crippen LogP contribution is 2.21. The second kappa shape index (κ2) is 7.34. The molecule has 0 unspecified atom stereocenters. The first-order valence-electron chi connectivity index (χ1n) is 7.09. The Labute approximate surface area is 121 Å². The van der Waals surface area contributed by atoms with Crippen LogP contribution in [0.3, 0.4) is 0 Å². The molecule has 0 aromatic heterocycles. The summed E-state index contributed by atoms with van der Waals surface area (Å²) in [5.41, 5.74) is 4.75. The van der Waals surface area contributed by atoms with Crippen LogP contribution in [-0.2, 0) is 0 Å². The van der Waals surface area contributed by atoms with Crippen molar-refractivity contribution in [1.82, 2.24) is 0 Å². The lowest BCUT2D eigenvalue weighted by atomic mass is 10.0. The number of benzene rings is 2. The van der Waals surface area contributed by atoms with Crippen molar-refractivity contribution >= 4 is 16.9 Å². The van der Waals surface area contributed by atoms with Crippen LogP contribution in [-0.4, -0.2) is 0 Å². The molecule has 1 nitrogen and oxygen atoms in total. The van der Waals surface area contributed by atoms with Crippen molar-refractivity contribution in [1.29, 1.82) is 0 Å². The molecule has 2 aromatic carbocycles. The summed E-state index contributed by atoms with van der Waals surface area (Å²) in [5, 5.41) is 3.40. The maximum absolute atomic E-state index is 3.40. The fourth-order valence-electron chi connectivity index (χ4n) is 2.12. The Morgan fingerprint density at radius 3 is 2.20 bits per heavy atom. The first kappa shape index (κ1) is 14.1. The number of anilines is 2. The first-order chi connectivity index (χ1) is 9.83. The molecule has 0 amide bonds. The van der Waals surface area contributed by atoms with Gasteiger partial charge in [0.2, 0.25) is 0 Å². The number of hydrogen-bond acceptors (Lipinski definition) is 1. The average Bonchev–Trinajstić information content (AvgIpc) is 2.49. The molecular weight excluding hydrogens is 242 g/mol. The molecular formula is C19H21N. The molecule has 0 saturated carbocycles. The van der Waals surface area contributed by atoms with Gasteiger partial charge in [-0.25, -0.2) is 0 Å². The van der Waals surface area contributed by atoms with E-state index in [0.717, 1.165) is 17.8 Å². The SMILES string of the molecule is C/C=C\C(=C/CC)c1ccc(Nc2ccccc2)cc1. The van der Waals surface area contributed by atoms with Gasteiger partial charge in [0.25, 0.3) is 0 Å². The van der Waals surface area contributed by atoms with E-state index in [9.17, 15) is 0 Å². The Morgan fingerprint density at radius 2 is 1.60 bits per heavy atom. The van der Waals surface area contributed by atoms with Crippen LogP contribution < -0.4 is 5.32 Å². The van der Waals surface area contributed by atoms with Gasteiger partial charge in [0.05, 0.1) is 0 Å². The maximum Gasteiger partial charge on any atom is 0.0384 e. The van der Waals surface area contributed by atoms with Gasteiger partial charge < -0.3 is 5.32 Å². The molecule has 0 radical (unpaired) electrons. The van der Waals surface area contributed by atoms with Crippen LogP contribution in [0.5, 0.6) is 0 Å². The van der Waals surface area contributed by atoms with Crippen molar-refractivity contribution in [2.24, 2.45) is 0 Å². The molecule has 1 N–H and O–H groups in total. The summed E-state index contributed by atoms with van der Waals surface area (Å²) in [6.45, 7) is 4.21. The molecule has 2 aromatic rings. The monoisotopic (exact) mass is 263 g/mol. The van der Waals surface area contributed by atoms with Gasteiger partial charge in [-0.05, 0) is 48.7 Å². The van der Waals surface area contributed by atoms with E-state index in [0.29, 0.717) is 0 Å². The minimum Gasteiger partial charge on any atom is -0.356 e. The molecule has 0 spiro atoms. The third-order valence-electron chi connectivity index (χ3n) is 3.05. The zero-order valence-corrected chi connectivity index (χ0v) is 12.1. The van der Waals surface area contributed by atoms with Crippen molar-refractivity contribution < 1.29 is 0 Å². The van der Waals surface area contributed by atoms with Crippen LogP contribution in [0.1, 0.15) is 25.8 Å². The maximum atomic E-state index is 3.40. The second-order valence-electron chi connectivity index (χ2n) is 4.64. The summed E-state index contributed by atoms with van der Waals surface area (Å²) in [6.07, 6.45) is 7.53. The topological polar surface area (TPSA) is 12.0 Å². The van der Waals surface area contributed by atoms with Crippen molar-refractivity contribution in [3.63, 3.8) is 0 Å². The first-order valence-corrected chi connectivity index (χ1v) is 7.09. The lowest BCUT2D eigenvalue weighted by Crippen LogP contribution is -1.90. The molecule has 20 heavy (non-hydrogen) atoms. The fourth-order valence-corrected chi connectivity index (χ4v) is 2.12. The molecule has 0 aliphatic heterocycles. The largest absolute Gasteiger partial charge is 0.356 e. The number of rotatable bonds is 5. The number of para-hydroxylation sites is 1. The third kappa shape index (κ3) is 3.86. The molecule has 0 bridgehead atoms. The summed E-state index contributed by atoms with van der Waals surface area (Å²) < 4.78 is 0. The van der Waals surface area contributed by atoms with Crippen LogP contribution in [0.25, 0.3) is 5.57 Å². The summed E-state index contributed by atoms with van der Waals surface area (Å²) >= 11 is 0. The molecule has 0 heterocycles. The van der Waals surface area contributed by atoms with E-state index in [4.69, 9.17) is 0 Å². The molecule has 0 saturated heterocycles. The van der Waals surface area contributed by atoms with Gasteiger partial charge in [-0.2, -0.15) is 0 Å². The number of hydrogen-bond donors (Lipinski definition) is 1. The normalized spacial score (nSPS) is 11.8. The molecule has 0 fully saturated rings. The summed E-state index contributed by atoms with van der Waals surface area (Å²) in [4.78, 5) is 0. The second-order valence-corrected chi connectivity index (χ2v) is 4.64. The Morgan fingerprint density at radius 1 is 0.950 bits per heavy atom. The van der Waals surface area contributed by atoms with E-state index < -0.39 is 0 Å². The molecule has 2 rings (SSSR count). The smallest absolute Gasteiger partial charge is 0.0384 e. The zero-order chi connectivity index (χ0) is 14.2. The minimum atomic E-state index is 1.05. The highest BCUT2D eigenvalue weighted by molar-refractivity contribution is 5.75. The van der Waals surface area contributed by atoms with Crippen LogP contribution in [0, 0.1) is 0 Å². The fraction of sp³-hybridized carbons (Fsp3) is 0.158. The minimum absolute atomic E-state index is 1.05. The Balaban J connectivity index is 2.15. The van der Waals surface area contributed by atoms with E-state index in [1.54, 1.807) is 0 Å². The van der Waals surface area contributed by atoms with E-state index in [1.807, 2.05) is 18.2 Å². The lowest BCUT2D eigenvalue weighted by Gasteiger charge is -2.08. The third-order valence-corrected chi connectivity index (χ3v) is 3.05. The van der Waals surface area contributed by atoms with Gasteiger partial charge in [-0.1, -0.05) is 55.5 Å².